The second-order valence-electron chi connectivity index (χ2n) is 7.77. The largest absolute Gasteiger partial charge is 0.508 e. The number of rotatable bonds is 2. The van der Waals surface area contributed by atoms with Crippen molar-refractivity contribution in [3.63, 3.8) is 0 Å². The minimum atomic E-state index is -1.02. The van der Waals surface area contributed by atoms with Crippen LogP contribution in [0.25, 0.3) is 16.8 Å². The van der Waals surface area contributed by atoms with Crippen LogP contribution in [-0.2, 0) is 9.53 Å². The second kappa shape index (κ2) is 6.02. The van der Waals surface area contributed by atoms with E-state index in [9.17, 15) is 9.90 Å². The highest BCUT2D eigenvalue weighted by Gasteiger charge is 2.47. The maximum absolute atomic E-state index is 13.0. The van der Waals surface area contributed by atoms with Crippen molar-refractivity contribution in [1.82, 2.24) is 10.2 Å². The van der Waals surface area contributed by atoms with E-state index in [1.807, 2.05) is 44.2 Å². The minimum absolute atomic E-state index is 0.0444. The van der Waals surface area contributed by atoms with Gasteiger partial charge in [0, 0.05) is 5.56 Å². The van der Waals surface area contributed by atoms with Gasteiger partial charge in [-0.1, -0.05) is 12.1 Å². The van der Waals surface area contributed by atoms with Gasteiger partial charge in [0.15, 0.2) is 5.78 Å². The van der Waals surface area contributed by atoms with Gasteiger partial charge in [0.05, 0.1) is 17.0 Å². The van der Waals surface area contributed by atoms with Crippen LogP contribution in [0.5, 0.6) is 0 Å². The van der Waals surface area contributed by atoms with Gasteiger partial charge in [-0.2, -0.15) is 10.2 Å². The molecule has 0 spiro atoms. The molecule has 0 saturated carbocycles. The van der Waals surface area contributed by atoms with E-state index in [1.165, 1.54) is 0 Å². The fourth-order valence-electron chi connectivity index (χ4n) is 3.30. The van der Waals surface area contributed by atoms with Crippen LogP contribution in [-0.4, -0.2) is 32.3 Å². The average Bonchev–Trinajstić information content (AvgIpc) is 2.55. The highest BCUT2D eigenvalue weighted by atomic mass is 16.5. The molecule has 5 nitrogen and oxygen atoms in total. The fraction of sp³-hybridized carbons (Fsp3) is 0.381. The monoisotopic (exact) mass is 352 g/mol. The van der Waals surface area contributed by atoms with Gasteiger partial charge in [-0.05, 0) is 70.9 Å². The number of carbonyl (C=O) groups excluding carboxylic acids is 1. The number of hydrogen-bond acceptors (Lipinski definition) is 5. The molecule has 0 bridgehead atoms. The van der Waals surface area contributed by atoms with Crippen molar-refractivity contribution in [3.05, 3.63) is 52.9 Å². The molecule has 0 amide bonds. The second-order valence-corrected chi connectivity index (χ2v) is 7.77. The van der Waals surface area contributed by atoms with E-state index in [4.69, 9.17) is 4.74 Å². The number of aliphatic hydroxyl groups is 1. The molecule has 26 heavy (non-hydrogen) atoms. The van der Waals surface area contributed by atoms with Crippen molar-refractivity contribution in [2.24, 2.45) is 0 Å². The van der Waals surface area contributed by atoms with Gasteiger partial charge in [-0.15, -0.1) is 0 Å². The molecule has 0 aliphatic carbocycles. The van der Waals surface area contributed by atoms with E-state index < -0.39 is 11.2 Å². The Balaban J connectivity index is 2.21. The SMILES string of the molecule is Cc1ccc(-c2ccc(C)c(C3=C(O)C(C)(C)OC(C)(C)C3=O)c2)nn1. The highest BCUT2D eigenvalue weighted by molar-refractivity contribution is 6.26. The molecule has 2 aromatic rings. The zero-order valence-electron chi connectivity index (χ0n) is 16.0. The van der Waals surface area contributed by atoms with Crippen LogP contribution in [0, 0.1) is 13.8 Å². The Bertz CT molecular complexity index is 909. The van der Waals surface area contributed by atoms with Crippen molar-refractivity contribution in [2.45, 2.75) is 52.7 Å². The summed E-state index contributed by atoms with van der Waals surface area (Å²) >= 11 is 0. The summed E-state index contributed by atoms with van der Waals surface area (Å²) in [4.78, 5) is 13.0. The molecule has 1 aromatic carbocycles. The molecule has 1 aliphatic heterocycles. The number of benzene rings is 1. The quantitative estimate of drug-likeness (QED) is 0.877. The summed E-state index contributed by atoms with van der Waals surface area (Å²) in [5.74, 6) is -0.276. The van der Waals surface area contributed by atoms with E-state index >= 15 is 0 Å². The van der Waals surface area contributed by atoms with Crippen molar-refractivity contribution in [2.75, 3.05) is 0 Å². The Hall–Kier alpha value is -2.53. The molecular weight excluding hydrogens is 328 g/mol. The Morgan fingerprint density at radius 3 is 2.27 bits per heavy atom. The van der Waals surface area contributed by atoms with Crippen LogP contribution in [0.2, 0.25) is 0 Å². The van der Waals surface area contributed by atoms with Crippen molar-refractivity contribution in [3.8, 4) is 11.3 Å². The molecule has 3 rings (SSSR count). The lowest BCUT2D eigenvalue weighted by atomic mass is 9.81. The van der Waals surface area contributed by atoms with Crippen LogP contribution in [0.4, 0.5) is 0 Å². The standard InChI is InChI=1S/C21H24N2O3/c1-12-7-9-14(16-10-8-13(2)22-23-16)11-15(12)17-18(24)20(3,4)26-21(5,6)19(17)25/h7-11,24H,1-6H3. The summed E-state index contributed by atoms with van der Waals surface area (Å²) in [5, 5.41) is 19.1. The number of ether oxygens (including phenoxy) is 1. The summed E-state index contributed by atoms with van der Waals surface area (Å²) in [6.45, 7) is 10.8. The number of Topliss-reactive ketones (excluding diaryl/α,β-unsaturated/α-hetero) is 1. The van der Waals surface area contributed by atoms with Gasteiger partial charge in [0.2, 0.25) is 0 Å². The first-order valence-corrected chi connectivity index (χ1v) is 8.63. The lowest BCUT2D eigenvalue weighted by Crippen LogP contribution is -2.49. The molecule has 1 N–H and O–H groups in total. The highest BCUT2D eigenvalue weighted by Crippen LogP contribution is 2.41. The zero-order chi connectivity index (χ0) is 19.3. The predicted octanol–water partition coefficient (Wildman–Crippen LogP) is 4.19. The topological polar surface area (TPSA) is 72.3 Å². The van der Waals surface area contributed by atoms with Crippen molar-refractivity contribution >= 4 is 11.4 Å². The van der Waals surface area contributed by atoms with Crippen LogP contribution >= 0.6 is 0 Å². The zero-order valence-corrected chi connectivity index (χ0v) is 16.0. The lowest BCUT2D eigenvalue weighted by molar-refractivity contribution is -0.158. The molecule has 1 aliphatic rings. The van der Waals surface area contributed by atoms with Crippen LogP contribution < -0.4 is 0 Å². The molecule has 1 aromatic heterocycles. The first-order valence-electron chi connectivity index (χ1n) is 8.63. The molecule has 0 atom stereocenters. The number of nitrogens with zero attached hydrogens (tertiary/aromatic N) is 2. The Morgan fingerprint density at radius 2 is 1.65 bits per heavy atom. The summed E-state index contributed by atoms with van der Waals surface area (Å²) in [6, 6.07) is 9.54. The van der Waals surface area contributed by atoms with Crippen molar-refractivity contribution in [1.29, 1.82) is 0 Å². The maximum atomic E-state index is 13.0. The van der Waals surface area contributed by atoms with Gasteiger partial charge in [0.1, 0.15) is 17.0 Å². The van der Waals surface area contributed by atoms with Crippen LogP contribution in [0.3, 0.4) is 0 Å². The Morgan fingerprint density at radius 1 is 0.962 bits per heavy atom. The van der Waals surface area contributed by atoms with Crippen molar-refractivity contribution < 1.29 is 14.6 Å². The number of aromatic nitrogens is 2. The van der Waals surface area contributed by atoms with Gasteiger partial charge < -0.3 is 9.84 Å². The molecule has 0 radical (unpaired) electrons. The van der Waals surface area contributed by atoms with Gasteiger partial charge in [0.25, 0.3) is 0 Å². The molecule has 0 unspecified atom stereocenters. The molecule has 136 valence electrons. The maximum Gasteiger partial charge on any atom is 0.198 e. The van der Waals surface area contributed by atoms with Gasteiger partial charge in [-0.25, -0.2) is 0 Å². The number of aryl methyl sites for hydroxylation is 2. The number of ketones is 1. The Labute approximate surface area is 153 Å². The number of aliphatic hydroxyl groups excluding tert-OH is 1. The third kappa shape index (κ3) is 3.03. The smallest absolute Gasteiger partial charge is 0.198 e. The predicted molar refractivity (Wildman–Crippen MR) is 101 cm³/mol. The Kier molecular flexibility index (Phi) is 4.23. The summed E-state index contributed by atoms with van der Waals surface area (Å²) in [5.41, 5.74) is 2.34. The molecule has 0 saturated heterocycles. The number of carbonyl (C=O) groups is 1. The van der Waals surface area contributed by atoms with E-state index in [1.54, 1.807) is 27.7 Å². The first-order chi connectivity index (χ1) is 12.0. The van der Waals surface area contributed by atoms with Crippen LogP contribution in [0.15, 0.2) is 36.1 Å². The molecule has 5 heteroatoms. The number of hydrogen-bond donors (Lipinski definition) is 1. The summed E-state index contributed by atoms with van der Waals surface area (Å²) in [6.07, 6.45) is 0. The third-order valence-electron chi connectivity index (χ3n) is 4.69. The third-order valence-corrected chi connectivity index (χ3v) is 4.69. The minimum Gasteiger partial charge on any atom is -0.508 e. The lowest BCUT2D eigenvalue weighted by Gasteiger charge is -2.40. The van der Waals surface area contributed by atoms with Crippen LogP contribution in [0.1, 0.15) is 44.5 Å². The average molecular weight is 352 g/mol. The normalized spacial score (nSPS) is 18.9. The summed E-state index contributed by atoms with van der Waals surface area (Å²) < 4.78 is 5.83. The van der Waals surface area contributed by atoms with Gasteiger partial charge >= 0.3 is 0 Å². The van der Waals surface area contributed by atoms with E-state index in [-0.39, 0.29) is 11.5 Å². The molecular formula is C21H24N2O3. The first kappa shape index (κ1) is 18.3. The van der Waals surface area contributed by atoms with E-state index in [2.05, 4.69) is 10.2 Å². The van der Waals surface area contributed by atoms with E-state index in [0.29, 0.717) is 11.1 Å². The van der Waals surface area contributed by atoms with E-state index in [0.717, 1.165) is 22.5 Å². The van der Waals surface area contributed by atoms with Gasteiger partial charge in [-0.3, -0.25) is 4.79 Å². The molecule has 0 fully saturated rings. The molecule has 2 heterocycles. The fourth-order valence-corrected chi connectivity index (χ4v) is 3.30. The summed E-state index contributed by atoms with van der Waals surface area (Å²) in [7, 11) is 0.